The van der Waals surface area contributed by atoms with E-state index in [0.717, 1.165) is 47.7 Å². The van der Waals surface area contributed by atoms with Gasteiger partial charge in [0, 0.05) is 41.9 Å². The molecule has 226 valence electrons. The van der Waals surface area contributed by atoms with Gasteiger partial charge < -0.3 is 25.2 Å². The van der Waals surface area contributed by atoms with Crippen LogP contribution in [-0.2, 0) is 21.4 Å². The summed E-state index contributed by atoms with van der Waals surface area (Å²) in [6.07, 6.45) is 3.82. The Hall–Kier alpha value is -4.20. The third-order valence-corrected chi connectivity index (χ3v) is 9.03. The number of hydrogen-bond acceptors (Lipinski definition) is 9. The minimum Gasteiger partial charge on any atom is -0.480 e. The van der Waals surface area contributed by atoms with E-state index in [4.69, 9.17) is 31.2 Å². The van der Waals surface area contributed by atoms with Crippen LogP contribution in [0.2, 0.25) is 5.02 Å². The van der Waals surface area contributed by atoms with Crippen molar-refractivity contribution in [1.82, 2.24) is 20.3 Å². The van der Waals surface area contributed by atoms with Gasteiger partial charge in [-0.25, -0.2) is 23.2 Å². The summed E-state index contributed by atoms with van der Waals surface area (Å²) in [7, 11) is -0.916. The highest BCUT2D eigenvalue weighted by Gasteiger charge is 2.23. The molecule has 0 spiro atoms. The second-order valence-corrected chi connectivity index (χ2v) is 12.2. The van der Waals surface area contributed by atoms with E-state index in [1.807, 2.05) is 12.1 Å². The number of sulfonamides is 1. The van der Waals surface area contributed by atoms with Gasteiger partial charge in [0.15, 0.2) is 0 Å². The van der Waals surface area contributed by atoms with Crippen LogP contribution in [0.1, 0.15) is 31.2 Å². The summed E-state index contributed by atoms with van der Waals surface area (Å²) in [6, 6.07) is 13.4. The van der Waals surface area contributed by atoms with Crippen LogP contribution in [0.5, 0.6) is 5.88 Å². The molecule has 0 aliphatic heterocycles. The van der Waals surface area contributed by atoms with Crippen molar-refractivity contribution in [3.8, 4) is 17.0 Å². The van der Waals surface area contributed by atoms with E-state index in [0.29, 0.717) is 11.5 Å². The van der Waals surface area contributed by atoms with Crippen LogP contribution < -0.4 is 20.1 Å². The lowest BCUT2D eigenvalue weighted by Gasteiger charge is -2.28. The molecule has 0 atom stereocenters. The molecule has 2 aromatic carbocycles. The summed E-state index contributed by atoms with van der Waals surface area (Å²) in [6.45, 7) is 0.290. The Labute approximate surface area is 253 Å². The zero-order valence-electron chi connectivity index (χ0n) is 23.5. The molecule has 2 aromatic heterocycles. The Bertz CT molecular complexity index is 1750. The average molecular weight is 627 g/mol. The predicted octanol–water partition coefficient (Wildman–Crippen LogP) is 5.29. The summed E-state index contributed by atoms with van der Waals surface area (Å²) >= 11 is 6.10. The zero-order valence-corrected chi connectivity index (χ0v) is 25.1. The van der Waals surface area contributed by atoms with Gasteiger partial charge >= 0.3 is 6.09 Å². The lowest BCUT2D eigenvalue weighted by molar-refractivity contribution is 0.185. The molecule has 5 rings (SSSR count). The Kier molecular flexibility index (Phi) is 9.14. The molecule has 14 heteroatoms. The molecule has 2 heterocycles. The van der Waals surface area contributed by atoms with Crippen LogP contribution in [-0.4, -0.2) is 60.9 Å². The Morgan fingerprint density at radius 1 is 1.05 bits per heavy atom. The molecular formula is C29H31ClN6O6S. The van der Waals surface area contributed by atoms with E-state index >= 15 is 0 Å². The van der Waals surface area contributed by atoms with Crippen molar-refractivity contribution in [2.75, 3.05) is 24.3 Å². The normalized spacial score (nSPS) is 16.9. The van der Waals surface area contributed by atoms with Crippen LogP contribution in [0.25, 0.3) is 22.0 Å². The number of pyridine rings is 1. The molecule has 1 fully saturated rings. The van der Waals surface area contributed by atoms with E-state index in [-0.39, 0.29) is 40.3 Å². The number of fused-ring (bicyclic) bond motifs is 1. The summed E-state index contributed by atoms with van der Waals surface area (Å²) in [5.41, 5.74) is 2.94. The number of rotatable bonds is 10. The quantitative estimate of drug-likeness (QED) is 0.182. The van der Waals surface area contributed by atoms with E-state index in [2.05, 4.69) is 25.3 Å². The maximum Gasteiger partial charge on any atom is 0.404 e. The van der Waals surface area contributed by atoms with Crippen LogP contribution in [0.3, 0.4) is 0 Å². The number of nitrogens with one attached hydrogen (secondary N) is 3. The van der Waals surface area contributed by atoms with E-state index in [1.54, 1.807) is 37.6 Å². The van der Waals surface area contributed by atoms with Crippen molar-refractivity contribution in [2.45, 2.75) is 49.3 Å². The van der Waals surface area contributed by atoms with Gasteiger partial charge in [-0.15, -0.1) is 0 Å². The zero-order chi connectivity index (χ0) is 30.6. The van der Waals surface area contributed by atoms with Crippen LogP contribution >= 0.6 is 11.6 Å². The fourth-order valence-corrected chi connectivity index (χ4v) is 6.70. The number of hydrogen-bond donors (Lipinski definition) is 4. The van der Waals surface area contributed by atoms with Gasteiger partial charge in [0.1, 0.15) is 10.7 Å². The summed E-state index contributed by atoms with van der Waals surface area (Å²) in [4.78, 5) is 24.6. The third kappa shape index (κ3) is 7.07. The van der Waals surface area contributed by atoms with Gasteiger partial charge in [-0.2, -0.15) is 4.98 Å². The van der Waals surface area contributed by atoms with Crippen LogP contribution in [0.4, 0.5) is 16.6 Å². The number of methoxy groups -OCH3 is 2. The smallest absolute Gasteiger partial charge is 0.404 e. The first-order valence-electron chi connectivity index (χ1n) is 13.5. The number of amides is 1. The van der Waals surface area contributed by atoms with Crippen molar-refractivity contribution >= 4 is 50.4 Å². The molecule has 1 aliphatic rings. The monoisotopic (exact) mass is 626 g/mol. The first-order chi connectivity index (χ1) is 20.7. The fourth-order valence-electron chi connectivity index (χ4n) is 5.18. The topological polar surface area (TPSA) is 165 Å². The lowest BCUT2D eigenvalue weighted by Crippen LogP contribution is -2.39. The van der Waals surface area contributed by atoms with Crippen molar-refractivity contribution in [2.24, 2.45) is 0 Å². The third-order valence-electron chi connectivity index (χ3n) is 7.18. The molecule has 43 heavy (non-hydrogen) atoms. The molecule has 0 radical (unpaired) electrons. The highest BCUT2D eigenvalue weighted by Crippen LogP contribution is 2.34. The lowest BCUT2D eigenvalue weighted by atomic mass is 9.91. The molecule has 12 nitrogen and oxygen atoms in total. The highest BCUT2D eigenvalue weighted by atomic mass is 35.5. The fraction of sp³-hybridized carbons (Fsp3) is 0.310. The molecule has 1 saturated carbocycles. The average Bonchev–Trinajstić information content (AvgIpc) is 2.98. The molecule has 4 N–H and O–H groups in total. The van der Waals surface area contributed by atoms with Crippen LogP contribution in [0.15, 0.2) is 59.6 Å². The minimum absolute atomic E-state index is 0.0390. The summed E-state index contributed by atoms with van der Waals surface area (Å²) in [5.74, 6) is 0.779. The molecule has 0 saturated heterocycles. The van der Waals surface area contributed by atoms with E-state index < -0.39 is 16.1 Å². The summed E-state index contributed by atoms with van der Waals surface area (Å²) in [5, 5.41) is 15.8. The van der Waals surface area contributed by atoms with Crippen molar-refractivity contribution in [3.05, 3.63) is 65.3 Å². The standard InChI is InChI=1S/C29H31ClN6O6S/c1-41-16-19-14-17(13-18-15-31-28(35-26(18)19)32-20-7-9-21(10-8-20)33-29(37)38)22-11-12-25(34-27(22)42-2)36-43(39,40)24-6-4-3-5-23(24)30/h3-6,11-15,20-21,33H,7-10,16H2,1-2H3,(H,34,36)(H,37,38)(H,31,32,35). The SMILES string of the molecule is COCc1cc(-c2ccc(NS(=O)(=O)c3ccccc3Cl)nc2OC)cc2cnc(NC3CCC(NC(=O)O)CC3)nc12. The Balaban J connectivity index is 1.40. The van der Waals surface area contributed by atoms with E-state index in [1.165, 1.54) is 19.2 Å². The number of benzene rings is 2. The van der Waals surface area contributed by atoms with Gasteiger partial charge in [0.25, 0.3) is 10.0 Å². The second-order valence-electron chi connectivity index (χ2n) is 10.1. The summed E-state index contributed by atoms with van der Waals surface area (Å²) < 4.78 is 39.3. The van der Waals surface area contributed by atoms with E-state index in [9.17, 15) is 13.2 Å². The minimum atomic E-state index is -3.98. The number of anilines is 2. The molecule has 1 amide bonds. The second kappa shape index (κ2) is 13.0. The van der Waals surface area contributed by atoms with Gasteiger partial charge in [-0.05, 0) is 67.6 Å². The Morgan fingerprint density at radius 3 is 2.49 bits per heavy atom. The first kappa shape index (κ1) is 30.3. The molecule has 1 aliphatic carbocycles. The van der Waals surface area contributed by atoms with Crippen molar-refractivity contribution in [1.29, 1.82) is 0 Å². The molecular weight excluding hydrogens is 596 g/mol. The maximum atomic E-state index is 12.9. The van der Waals surface area contributed by atoms with Crippen LogP contribution in [0, 0.1) is 0 Å². The number of aromatic nitrogens is 3. The van der Waals surface area contributed by atoms with Gasteiger partial charge in [0.2, 0.25) is 11.8 Å². The van der Waals surface area contributed by atoms with Crippen molar-refractivity contribution < 1.29 is 27.8 Å². The molecule has 4 aromatic rings. The molecule has 0 unspecified atom stereocenters. The van der Waals surface area contributed by atoms with Gasteiger partial charge in [-0.1, -0.05) is 23.7 Å². The largest absolute Gasteiger partial charge is 0.480 e. The van der Waals surface area contributed by atoms with Gasteiger partial charge in [-0.3, -0.25) is 4.72 Å². The maximum absolute atomic E-state index is 12.9. The predicted molar refractivity (Wildman–Crippen MR) is 163 cm³/mol. The first-order valence-corrected chi connectivity index (χ1v) is 15.4. The highest BCUT2D eigenvalue weighted by molar-refractivity contribution is 7.92. The molecule has 0 bridgehead atoms. The Morgan fingerprint density at radius 2 is 1.79 bits per heavy atom. The number of nitrogens with zero attached hydrogens (tertiary/aromatic N) is 3. The number of carbonyl (C=O) groups is 1. The number of ether oxygens (including phenoxy) is 2. The van der Waals surface area contributed by atoms with Gasteiger partial charge in [0.05, 0.1) is 24.3 Å². The number of halogens is 1. The van der Waals surface area contributed by atoms with Crippen molar-refractivity contribution in [3.63, 3.8) is 0 Å². The number of carboxylic acid groups (broad SMARTS) is 1.